The molecule has 4 aromatic heterocycles. The van der Waals surface area contributed by atoms with E-state index in [9.17, 15) is 18.0 Å². The largest absolute Gasteiger partial charge is 0.392 e. The van der Waals surface area contributed by atoms with E-state index in [1.54, 1.807) is 23.8 Å². The molecule has 2 aliphatic rings. The Labute approximate surface area is 215 Å². The van der Waals surface area contributed by atoms with E-state index < -0.39 is 23.9 Å². The fourth-order valence-corrected chi connectivity index (χ4v) is 4.87. The van der Waals surface area contributed by atoms with Crippen LogP contribution in [0, 0.1) is 11.8 Å². The molecule has 0 aromatic carbocycles. The van der Waals surface area contributed by atoms with Gasteiger partial charge in [0.05, 0.1) is 36.4 Å². The quantitative estimate of drug-likeness (QED) is 0.405. The molecule has 5 heterocycles. The summed E-state index contributed by atoms with van der Waals surface area (Å²) < 4.78 is 46.1. The number of pyridine rings is 3. The van der Waals surface area contributed by atoms with Gasteiger partial charge in [-0.15, -0.1) is 5.10 Å². The van der Waals surface area contributed by atoms with Crippen LogP contribution in [0.3, 0.4) is 0 Å². The van der Waals surface area contributed by atoms with Gasteiger partial charge in [-0.25, -0.2) is 19.5 Å². The van der Waals surface area contributed by atoms with E-state index in [0.717, 1.165) is 18.8 Å². The Morgan fingerprint density at radius 3 is 2.76 bits per heavy atom. The van der Waals surface area contributed by atoms with Gasteiger partial charge in [0.25, 0.3) is 0 Å². The van der Waals surface area contributed by atoms with E-state index in [0.29, 0.717) is 40.2 Å². The lowest BCUT2D eigenvalue weighted by atomic mass is 10.1. The maximum absolute atomic E-state index is 12.9. The number of ether oxygens (including phenoxy) is 1. The van der Waals surface area contributed by atoms with Crippen LogP contribution in [-0.2, 0) is 9.53 Å². The topological polar surface area (TPSA) is 110 Å². The van der Waals surface area contributed by atoms with Gasteiger partial charge in [-0.3, -0.25) is 4.79 Å². The Balaban J connectivity index is 1.34. The van der Waals surface area contributed by atoms with Crippen molar-refractivity contribution < 1.29 is 22.7 Å². The molecule has 2 N–H and O–H groups in total. The number of fused-ring (bicyclic) bond motifs is 2. The molecule has 3 atom stereocenters. The first-order valence-corrected chi connectivity index (χ1v) is 12.3. The standard InChI is InChI=1S/C25H25F3N8O2/c1-13-11-35(5-6-38-13)14-3-4-21-33-23(34-36(21)12-14)18-10-31-22(29-2)17-9-30-20(8-15(17)18)32-24(37)16-7-19(16)25(26,27)28/h3-4,8-10,12-13,16,19H,5-7,11H2,1-2H3,(H,29,31)(H,30,32,37)/t13-,16?,19?/m0/s1. The fraction of sp³-hybridized carbons (Fsp3) is 0.400. The number of hydrogen-bond donors (Lipinski definition) is 2. The van der Waals surface area contributed by atoms with Gasteiger partial charge in [0.1, 0.15) is 11.6 Å². The summed E-state index contributed by atoms with van der Waals surface area (Å²) in [7, 11) is 1.72. The average Bonchev–Trinajstić information content (AvgIpc) is 3.61. The summed E-state index contributed by atoms with van der Waals surface area (Å²) in [6, 6.07) is 5.50. The molecule has 4 aromatic rings. The smallest absolute Gasteiger partial charge is 0.375 e. The molecule has 2 unspecified atom stereocenters. The van der Waals surface area contributed by atoms with Gasteiger partial charge < -0.3 is 20.3 Å². The van der Waals surface area contributed by atoms with Gasteiger partial charge in [0, 0.05) is 48.9 Å². The lowest BCUT2D eigenvalue weighted by molar-refractivity contribution is -0.153. The molecule has 6 rings (SSSR count). The monoisotopic (exact) mass is 526 g/mol. The Morgan fingerprint density at radius 1 is 1.18 bits per heavy atom. The first kappa shape index (κ1) is 24.3. The van der Waals surface area contributed by atoms with Crippen molar-refractivity contribution in [1.29, 1.82) is 0 Å². The van der Waals surface area contributed by atoms with Crippen LogP contribution in [0.4, 0.5) is 30.5 Å². The number of carbonyl (C=O) groups is 1. The zero-order valence-electron chi connectivity index (χ0n) is 20.7. The Kier molecular flexibility index (Phi) is 5.82. The molecule has 1 aliphatic carbocycles. The SMILES string of the molecule is CNc1ncc(-c2nc3ccc(N4CCO[C@@H](C)C4)cn3n2)c2cc(NC(=O)C3CC3C(F)(F)F)ncc12. The lowest BCUT2D eigenvalue weighted by Gasteiger charge is -2.32. The third-order valence-corrected chi connectivity index (χ3v) is 6.97. The first-order valence-electron chi connectivity index (χ1n) is 12.3. The number of rotatable bonds is 5. The second-order valence-corrected chi connectivity index (χ2v) is 9.62. The number of nitrogens with one attached hydrogen (secondary N) is 2. The predicted molar refractivity (Wildman–Crippen MR) is 135 cm³/mol. The van der Waals surface area contributed by atoms with E-state index >= 15 is 0 Å². The summed E-state index contributed by atoms with van der Waals surface area (Å²) in [6.45, 7) is 4.25. The highest BCUT2D eigenvalue weighted by Gasteiger charge is 2.58. The number of nitrogens with zero attached hydrogens (tertiary/aromatic N) is 6. The number of anilines is 3. The maximum atomic E-state index is 12.9. The van der Waals surface area contributed by atoms with Crippen molar-refractivity contribution in [2.75, 3.05) is 42.3 Å². The highest BCUT2D eigenvalue weighted by Crippen LogP contribution is 2.50. The first-order chi connectivity index (χ1) is 18.2. The highest BCUT2D eigenvalue weighted by molar-refractivity contribution is 6.03. The highest BCUT2D eigenvalue weighted by atomic mass is 19.4. The summed E-state index contributed by atoms with van der Waals surface area (Å²) in [5, 5.41) is 11.5. The predicted octanol–water partition coefficient (Wildman–Crippen LogP) is 3.74. The second kappa shape index (κ2) is 9.08. The summed E-state index contributed by atoms with van der Waals surface area (Å²) in [4.78, 5) is 28.0. The van der Waals surface area contributed by atoms with Crippen LogP contribution < -0.4 is 15.5 Å². The van der Waals surface area contributed by atoms with Crippen molar-refractivity contribution in [1.82, 2.24) is 24.6 Å². The summed E-state index contributed by atoms with van der Waals surface area (Å²) in [5.41, 5.74) is 2.25. The zero-order chi connectivity index (χ0) is 26.6. The van der Waals surface area contributed by atoms with Gasteiger partial charge >= 0.3 is 6.18 Å². The third kappa shape index (κ3) is 4.46. The zero-order valence-corrected chi connectivity index (χ0v) is 20.7. The van der Waals surface area contributed by atoms with Crippen LogP contribution in [0.1, 0.15) is 13.3 Å². The molecule has 198 valence electrons. The number of amides is 1. The lowest BCUT2D eigenvalue weighted by Crippen LogP contribution is -2.41. The van der Waals surface area contributed by atoms with Crippen molar-refractivity contribution >= 4 is 39.6 Å². The molecule has 1 amide bonds. The van der Waals surface area contributed by atoms with E-state index in [4.69, 9.17) is 4.74 Å². The number of carbonyl (C=O) groups excluding carboxylic acids is 1. The van der Waals surface area contributed by atoms with Crippen molar-refractivity contribution in [2.24, 2.45) is 11.8 Å². The number of halogens is 3. The number of hydrogen-bond acceptors (Lipinski definition) is 8. The van der Waals surface area contributed by atoms with Crippen LogP contribution in [0.25, 0.3) is 27.8 Å². The van der Waals surface area contributed by atoms with Crippen LogP contribution in [0.15, 0.2) is 36.8 Å². The normalized spacial score (nSPS) is 21.6. The molecule has 1 saturated heterocycles. The van der Waals surface area contributed by atoms with Crippen molar-refractivity contribution in [3.63, 3.8) is 0 Å². The minimum absolute atomic E-state index is 0.136. The summed E-state index contributed by atoms with van der Waals surface area (Å²) >= 11 is 0. The molecule has 1 saturated carbocycles. The molecule has 13 heteroatoms. The van der Waals surface area contributed by atoms with Crippen LogP contribution in [-0.4, -0.2) is 69.5 Å². The minimum atomic E-state index is -4.38. The third-order valence-electron chi connectivity index (χ3n) is 6.97. The van der Waals surface area contributed by atoms with Gasteiger partial charge in [-0.05, 0) is 31.5 Å². The molecular weight excluding hydrogens is 501 g/mol. The van der Waals surface area contributed by atoms with Crippen molar-refractivity contribution in [2.45, 2.75) is 25.6 Å². The molecule has 2 fully saturated rings. The molecule has 0 bridgehead atoms. The summed E-state index contributed by atoms with van der Waals surface area (Å²) in [6.07, 6.45) is 0.610. The Morgan fingerprint density at radius 2 is 2.03 bits per heavy atom. The van der Waals surface area contributed by atoms with Crippen molar-refractivity contribution in [3.8, 4) is 11.4 Å². The molecule has 0 spiro atoms. The number of alkyl halides is 3. The van der Waals surface area contributed by atoms with E-state index in [1.807, 2.05) is 25.3 Å². The Hall–Kier alpha value is -4.00. The maximum Gasteiger partial charge on any atom is 0.392 e. The van der Waals surface area contributed by atoms with Gasteiger partial charge in [0.15, 0.2) is 11.5 Å². The molecular formula is C25H25F3N8O2. The van der Waals surface area contributed by atoms with Crippen LogP contribution >= 0.6 is 0 Å². The van der Waals surface area contributed by atoms with E-state index in [1.165, 1.54) is 6.20 Å². The molecule has 1 aliphatic heterocycles. The molecule has 10 nitrogen and oxygen atoms in total. The van der Waals surface area contributed by atoms with Gasteiger partial charge in [0.2, 0.25) is 5.91 Å². The average molecular weight is 527 g/mol. The van der Waals surface area contributed by atoms with Gasteiger partial charge in [-0.1, -0.05) is 0 Å². The molecule has 0 radical (unpaired) electrons. The summed E-state index contributed by atoms with van der Waals surface area (Å²) in [5.74, 6) is -2.27. The van der Waals surface area contributed by atoms with E-state index in [-0.39, 0.29) is 18.3 Å². The minimum Gasteiger partial charge on any atom is -0.375 e. The number of morpholine rings is 1. The molecule has 38 heavy (non-hydrogen) atoms. The van der Waals surface area contributed by atoms with Gasteiger partial charge in [-0.2, -0.15) is 13.2 Å². The Bertz CT molecular complexity index is 1540. The fourth-order valence-electron chi connectivity index (χ4n) is 4.87. The second-order valence-electron chi connectivity index (χ2n) is 9.62. The van der Waals surface area contributed by atoms with Crippen molar-refractivity contribution in [3.05, 3.63) is 36.8 Å². The number of aromatic nitrogens is 5. The van der Waals surface area contributed by atoms with Crippen LogP contribution in [0.5, 0.6) is 0 Å². The van der Waals surface area contributed by atoms with Crippen LogP contribution in [0.2, 0.25) is 0 Å². The van der Waals surface area contributed by atoms with E-state index in [2.05, 4.69) is 35.6 Å².